The Morgan fingerprint density at radius 2 is 1.79 bits per heavy atom. The summed E-state index contributed by atoms with van der Waals surface area (Å²) in [5, 5.41) is 0. The van der Waals surface area contributed by atoms with Crippen LogP contribution in [0.15, 0.2) is 54.6 Å². The highest BCUT2D eigenvalue weighted by atomic mass is 16.5. The van der Waals surface area contributed by atoms with Gasteiger partial charge in [-0.2, -0.15) is 0 Å². The van der Waals surface area contributed by atoms with Crippen LogP contribution < -0.4 is 4.74 Å². The number of aryl methyl sites for hydroxylation is 1. The van der Waals surface area contributed by atoms with Crippen LogP contribution >= 0.6 is 0 Å². The van der Waals surface area contributed by atoms with E-state index in [1.807, 2.05) is 36.4 Å². The summed E-state index contributed by atoms with van der Waals surface area (Å²) in [4.78, 5) is 25.6. The van der Waals surface area contributed by atoms with Crippen LogP contribution in [0.4, 0.5) is 0 Å². The van der Waals surface area contributed by atoms with Crippen LogP contribution in [0.2, 0.25) is 0 Å². The van der Waals surface area contributed by atoms with Crippen molar-refractivity contribution in [3.8, 4) is 5.75 Å². The molecule has 0 aliphatic heterocycles. The molecule has 1 aliphatic rings. The van der Waals surface area contributed by atoms with Crippen molar-refractivity contribution >= 4 is 17.3 Å². The maximum Gasteiger partial charge on any atom is 0.317 e. The fourth-order valence-electron chi connectivity index (χ4n) is 3.80. The number of carbonyl (C=O) groups is 2. The molecule has 28 heavy (non-hydrogen) atoms. The van der Waals surface area contributed by atoms with Gasteiger partial charge in [0.15, 0.2) is 5.78 Å². The lowest BCUT2D eigenvalue weighted by Crippen LogP contribution is -2.34. The molecule has 2 unspecified atom stereocenters. The first kappa shape index (κ1) is 19.9. The highest BCUT2D eigenvalue weighted by Gasteiger charge is 2.40. The van der Waals surface area contributed by atoms with Crippen molar-refractivity contribution in [2.24, 2.45) is 5.92 Å². The standard InChI is InChI=1S/C24H26O4/c1-4-16-10-12-17(13-11-16)18-14-20(19-8-6-7-9-22(19)27-3)23(21(25)15-18)24(26)28-5-2/h6-13,15,20,23H,4-5,14H2,1-3H3. The van der Waals surface area contributed by atoms with Gasteiger partial charge in [-0.3, -0.25) is 9.59 Å². The molecule has 0 saturated carbocycles. The molecular formula is C24H26O4. The third-order valence-corrected chi connectivity index (χ3v) is 5.28. The number of hydrogen-bond donors (Lipinski definition) is 0. The summed E-state index contributed by atoms with van der Waals surface area (Å²) < 4.78 is 10.7. The first-order chi connectivity index (χ1) is 13.6. The number of benzene rings is 2. The SMILES string of the molecule is CCOC(=O)C1C(=O)C=C(c2ccc(CC)cc2)CC1c1ccccc1OC. The van der Waals surface area contributed by atoms with Gasteiger partial charge in [0.2, 0.25) is 0 Å². The van der Waals surface area contributed by atoms with E-state index in [1.165, 1.54) is 5.56 Å². The zero-order chi connectivity index (χ0) is 20.1. The number of ketones is 1. The van der Waals surface area contributed by atoms with Crippen LogP contribution in [0, 0.1) is 5.92 Å². The minimum absolute atomic E-state index is 0.213. The van der Waals surface area contributed by atoms with Gasteiger partial charge in [-0.1, -0.05) is 49.4 Å². The average molecular weight is 378 g/mol. The number of esters is 1. The summed E-state index contributed by atoms with van der Waals surface area (Å²) in [6.07, 6.45) is 3.14. The summed E-state index contributed by atoms with van der Waals surface area (Å²) in [5.41, 5.74) is 4.04. The van der Waals surface area contributed by atoms with E-state index in [4.69, 9.17) is 9.47 Å². The maximum atomic E-state index is 13.0. The van der Waals surface area contributed by atoms with Crippen LogP contribution in [0.1, 0.15) is 42.9 Å². The second-order valence-corrected chi connectivity index (χ2v) is 6.90. The Bertz CT molecular complexity index is 880. The highest BCUT2D eigenvalue weighted by Crippen LogP contribution is 2.43. The van der Waals surface area contributed by atoms with Crippen molar-refractivity contribution < 1.29 is 19.1 Å². The highest BCUT2D eigenvalue weighted by molar-refractivity contribution is 6.10. The topological polar surface area (TPSA) is 52.6 Å². The van der Waals surface area contributed by atoms with Gasteiger partial charge in [0.25, 0.3) is 0 Å². The minimum Gasteiger partial charge on any atom is -0.496 e. The van der Waals surface area contributed by atoms with Gasteiger partial charge in [0.05, 0.1) is 13.7 Å². The lowest BCUT2D eigenvalue weighted by atomic mass is 9.73. The van der Waals surface area contributed by atoms with E-state index >= 15 is 0 Å². The number of para-hydroxylation sites is 1. The molecule has 0 radical (unpaired) electrons. The molecule has 1 aliphatic carbocycles. The molecule has 146 valence electrons. The predicted octanol–water partition coefficient (Wildman–Crippen LogP) is 4.58. The zero-order valence-electron chi connectivity index (χ0n) is 16.6. The first-order valence-corrected chi connectivity index (χ1v) is 9.72. The lowest BCUT2D eigenvalue weighted by Gasteiger charge is -2.30. The lowest BCUT2D eigenvalue weighted by molar-refractivity contribution is -0.151. The first-order valence-electron chi connectivity index (χ1n) is 9.72. The van der Waals surface area contributed by atoms with Crippen molar-refractivity contribution in [1.82, 2.24) is 0 Å². The number of carbonyl (C=O) groups excluding carboxylic acids is 2. The van der Waals surface area contributed by atoms with Crippen molar-refractivity contribution in [3.63, 3.8) is 0 Å². The van der Waals surface area contributed by atoms with Gasteiger partial charge in [-0.25, -0.2) is 0 Å². The Hall–Kier alpha value is -2.88. The molecule has 0 spiro atoms. The van der Waals surface area contributed by atoms with Gasteiger partial charge in [-0.05, 0) is 54.2 Å². The monoisotopic (exact) mass is 378 g/mol. The van der Waals surface area contributed by atoms with E-state index in [9.17, 15) is 9.59 Å². The van der Waals surface area contributed by atoms with Crippen LogP contribution in [0.3, 0.4) is 0 Å². The maximum absolute atomic E-state index is 13.0. The third-order valence-electron chi connectivity index (χ3n) is 5.28. The summed E-state index contributed by atoms with van der Waals surface area (Å²) in [7, 11) is 1.60. The van der Waals surface area contributed by atoms with Crippen molar-refractivity contribution in [1.29, 1.82) is 0 Å². The molecule has 0 amide bonds. The molecule has 4 heteroatoms. The fourth-order valence-corrected chi connectivity index (χ4v) is 3.80. The van der Waals surface area contributed by atoms with Gasteiger partial charge >= 0.3 is 5.97 Å². The number of methoxy groups -OCH3 is 1. The van der Waals surface area contributed by atoms with Crippen LogP contribution in [-0.4, -0.2) is 25.5 Å². The summed E-state index contributed by atoms with van der Waals surface area (Å²) >= 11 is 0. The molecule has 4 nitrogen and oxygen atoms in total. The van der Waals surface area contributed by atoms with Crippen molar-refractivity contribution in [3.05, 3.63) is 71.3 Å². The molecule has 0 aromatic heterocycles. The quantitative estimate of drug-likeness (QED) is 0.545. The predicted molar refractivity (Wildman–Crippen MR) is 109 cm³/mol. The second-order valence-electron chi connectivity index (χ2n) is 6.90. The number of allylic oxidation sites excluding steroid dienone is 2. The van der Waals surface area contributed by atoms with Crippen molar-refractivity contribution in [2.45, 2.75) is 32.6 Å². The molecule has 0 fully saturated rings. The Labute approximate surface area is 166 Å². The van der Waals surface area contributed by atoms with Gasteiger partial charge < -0.3 is 9.47 Å². The minimum atomic E-state index is -0.852. The molecule has 0 saturated heterocycles. The Balaban J connectivity index is 2.04. The van der Waals surface area contributed by atoms with Gasteiger partial charge in [0.1, 0.15) is 11.7 Å². The molecule has 2 aromatic rings. The molecular weight excluding hydrogens is 352 g/mol. The van der Waals surface area contributed by atoms with E-state index in [0.717, 1.165) is 23.1 Å². The molecule has 2 aromatic carbocycles. The Kier molecular flexibility index (Phi) is 6.30. The summed E-state index contributed by atoms with van der Waals surface area (Å²) in [6.45, 7) is 4.11. The van der Waals surface area contributed by atoms with Crippen LogP contribution in [-0.2, 0) is 20.7 Å². The molecule has 3 rings (SSSR count). The van der Waals surface area contributed by atoms with E-state index in [0.29, 0.717) is 12.2 Å². The second kappa shape index (κ2) is 8.87. The van der Waals surface area contributed by atoms with Gasteiger partial charge in [0, 0.05) is 5.92 Å². The average Bonchev–Trinajstić information content (AvgIpc) is 2.73. The van der Waals surface area contributed by atoms with E-state index in [1.54, 1.807) is 20.1 Å². The van der Waals surface area contributed by atoms with Crippen LogP contribution in [0.5, 0.6) is 5.75 Å². The summed E-state index contributed by atoms with van der Waals surface area (Å²) in [5.74, 6) is -1.18. The van der Waals surface area contributed by atoms with Crippen LogP contribution in [0.25, 0.3) is 5.57 Å². The molecule has 0 N–H and O–H groups in total. The van der Waals surface area contributed by atoms with Gasteiger partial charge in [-0.15, -0.1) is 0 Å². The Morgan fingerprint density at radius 1 is 1.07 bits per heavy atom. The van der Waals surface area contributed by atoms with Crippen molar-refractivity contribution in [2.75, 3.05) is 13.7 Å². The normalized spacial score (nSPS) is 19.1. The smallest absolute Gasteiger partial charge is 0.317 e. The molecule has 0 bridgehead atoms. The van der Waals surface area contributed by atoms with E-state index in [-0.39, 0.29) is 18.3 Å². The largest absolute Gasteiger partial charge is 0.496 e. The zero-order valence-corrected chi connectivity index (χ0v) is 16.6. The molecule has 0 heterocycles. The number of rotatable bonds is 6. The fraction of sp³-hybridized carbons (Fsp3) is 0.333. The van der Waals surface area contributed by atoms with E-state index < -0.39 is 11.9 Å². The Morgan fingerprint density at radius 3 is 2.43 bits per heavy atom. The molecule has 2 atom stereocenters. The summed E-state index contributed by atoms with van der Waals surface area (Å²) in [6, 6.07) is 15.8. The third kappa shape index (κ3) is 4.01. The van der Waals surface area contributed by atoms with E-state index in [2.05, 4.69) is 19.1 Å². The number of hydrogen-bond acceptors (Lipinski definition) is 4. The number of ether oxygens (including phenoxy) is 2.